The van der Waals surface area contributed by atoms with Gasteiger partial charge in [0.25, 0.3) is 0 Å². The lowest BCUT2D eigenvalue weighted by Gasteiger charge is -2.35. The van der Waals surface area contributed by atoms with Crippen LogP contribution in [0.4, 0.5) is 4.79 Å². The molecule has 3 aliphatic rings. The van der Waals surface area contributed by atoms with Crippen molar-refractivity contribution in [3.63, 3.8) is 0 Å². The van der Waals surface area contributed by atoms with E-state index in [2.05, 4.69) is 29.6 Å². The fourth-order valence-electron chi connectivity index (χ4n) is 5.75. The molecule has 5 rings (SSSR count). The van der Waals surface area contributed by atoms with Crippen molar-refractivity contribution in [2.75, 3.05) is 26.4 Å². The second-order valence-electron chi connectivity index (χ2n) is 9.93. The van der Waals surface area contributed by atoms with Crippen LogP contribution in [0, 0.1) is 11.3 Å². The Hall–Kier alpha value is -3.39. The van der Waals surface area contributed by atoms with Gasteiger partial charge in [-0.2, -0.15) is 0 Å². The minimum absolute atomic E-state index is 0.0561. The van der Waals surface area contributed by atoms with Crippen molar-refractivity contribution in [2.24, 2.45) is 11.3 Å². The SMILES string of the molecule is CC1C(C(=O)O)CCN1C(=O)C1(C)COCC1NC(=O)OCC1c2ccccc2-c2ccccc21. The molecule has 4 atom stereocenters. The number of aliphatic carboxylic acids is 1. The van der Waals surface area contributed by atoms with Crippen molar-refractivity contribution < 1.29 is 29.0 Å². The fourth-order valence-corrected chi connectivity index (χ4v) is 5.75. The number of fused-ring (bicyclic) bond motifs is 3. The third-order valence-electron chi connectivity index (χ3n) is 7.91. The lowest BCUT2D eigenvalue weighted by atomic mass is 9.83. The van der Waals surface area contributed by atoms with Gasteiger partial charge in [0.2, 0.25) is 5.91 Å². The zero-order valence-corrected chi connectivity index (χ0v) is 19.9. The Bertz CT molecular complexity index is 1120. The van der Waals surface area contributed by atoms with Crippen LogP contribution >= 0.6 is 0 Å². The summed E-state index contributed by atoms with van der Waals surface area (Å²) >= 11 is 0. The van der Waals surface area contributed by atoms with Gasteiger partial charge in [-0.15, -0.1) is 0 Å². The summed E-state index contributed by atoms with van der Waals surface area (Å²) in [6.07, 6.45) is -0.178. The van der Waals surface area contributed by atoms with Crippen LogP contribution in [0.3, 0.4) is 0 Å². The molecule has 2 heterocycles. The molecule has 2 fully saturated rings. The Morgan fingerprint density at radius 3 is 2.34 bits per heavy atom. The number of amides is 2. The molecule has 35 heavy (non-hydrogen) atoms. The van der Waals surface area contributed by atoms with E-state index in [0.717, 1.165) is 22.3 Å². The second-order valence-corrected chi connectivity index (χ2v) is 9.93. The third kappa shape index (κ3) is 3.95. The molecule has 8 heteroatoms. The number of nitrogens with one attached hydrogen (secondary N) is 1. The molecule has 0 radical (unpaired) electrons. The second kappa shape index (κ2) is 9.00. The molecule has 0 spiro atoms. The van der Waals surface area contributed by atoms with Crippen LogP contribution < -0.4 is 5.32 Å². The number of carbonyl (C=O) groups is 3. The van der Waals surface area contributed by atoms with Crippen molar-refractivity contribution in [3.05, 3.63) is 59.7 Å². The first-order valence-electron chi connectivity index (χ1n) is 12.0. The van der Waals surface area contributed by atoms with Crippen LogP contribution in [-0.4, -0.2) is 66.4 Å². The van der Waals surface area contributed by atoms with Crippen molar-refractivity contribution >= 4 is 18.0 Å². The molecular formula is C27H30N2O6. The van der Waals surface area contributed by atoms with E-state index in [1.165, 1.54) is 0 Å². The Morgan fingerprint density at radius 1 is 1.11 bits per heavy atom. The van der Waals surface area contributed by atoms with Gasteiger partial charge < -0.3 is 24.8 Å². The molecule has 2 N–H and O–H groups in total. The zero-order chi connectivity index (χ0) is 24.7. The maximum Gasteiger partial charge on any atom is 0.407 e. The minimum atomic E-state index is -0.993. The Morgan fingerprint density at radius 2 is 1.74 bits per heavy atom. The van der Waals surface area contributed by atoms with Gasteiger partial charge in [-0.25, -0.2) is 4.79 Å². The van der Waals surface area contributed by atoms with Gasteiger partial charge in [0.15, 0.2) is 0 Å². The summed E-state index contributed by atoms with van der Waals surface area (Å²) in [7, 11) is 0. The highest BCUT2D eigenvalue weighted by Crippen LogP contribution is 2.44. The van der Waals surface area contributed by atoms with Crippen molar-refractivity contribution in [2.45, 2.75) is 38.3 Å². The number of hydrogen-bond acceptors (Lipinski definition) is 5. The van der Waals surface area contributed by atoms with Gasteiger partial charge in [-0.1, -0.05) is 48.5 Å². The molecule has 2 aliphatic heterocycles. The maximum atomic E-state index is 13.4. The van der Waals surface area contributed by atoms with Crippen LogP contribution in [0.2, 0.25) is 0 Å². The van der Waals surface area contributed by atoms with E-state index < -0.39 is 35.5 Å². The van der Waals surface area contributed by atoms with E-state index in [0.29, 0.717) is 13.0 Å². The van der Waals surface area contributed by atoms with E-state index in [-0.39, 0.29) is 31.6 Å². The topological polar surface area (TPSA) is 105 Å². The molecule has 8 nitrogen and oxygen atoms in total. The molecule has 0 saturated carbocycles. The summed E-state index contributed by atoms with van der Waals surface area (Å²) in [5.74, 6) is -1.73. The standard InChI is InChI=1S/C27H30N2O6/c1-16-17(24(30)31)11-12-29(16)25(32)27(2)15-34-14-23(27)28-26(33)35-13-22-20-9-5-3-7-18(20)19-8-4-6-10-21(19)22/h3-10,16-17,22-23H,11-15H2,1-2H3,(H,28,33)(H,30,31). The maximum absolute atomic E-state index is 13.4. The lowest BCUT2D eigenvalue weighted by molar-refractivity contribution is -0.146. The first kappa shape index (κ1) is 23.4. The normalized spacial score (nSPS) is 27.4. The number of nitrogens with zero attached hydrogens (tertiary/aromatic N) is 1. The van der Waals surface area contributed by atoms with Gasteiger partial charge in [-0.3, -0.25) is 9.59 Å². The molecule has 2 saturated heterocycles. The average molecular weight is 479 g/mol. The van der Waals surface area contributed by atoms with Crippen LogP contribution in [0.15, 0.2) is 48.5 Å². The molecule has 184 valence electrons. The number of ether oxygens (including phenoxy) is 2. The van der Waals surface area contributed by atoms with Crippen LogP contribution in [0.5, 0.6) is 0 Å². The van der Waals surface area contributed by atoms with Gasteiger partial charge in [-0.05, 0) is 42.5 Å². The molecule has 2 aromatic carbocycles. The van der Waals surface area contributed by atoms with Crippen LogP contribution in [-0.2, 0) is 19.1 Å². The van der Waals surface area contributed by atoms with Gasteiger partial charge >= 0.3 is 12.1 Å². The molecule has 4 unspecified atom stereocenters. The van der Waals surface area contributed by atoms with Crippen LogP contribution in [0.25, 0.3) is 11.1 Å². The van der Waals surface area contributed by atoms with Gasteiger partial charge in [0.05, 0.1) is 30.6 Å². The minimum Gasteiger partial charge on any atom is -0.481 e. The number of hydrogen-bond donors (Lipinski definition) is 2. The molecular weight excluding hydrogens is 448 g/mol. The van der Waals surface area contributed by atoms with Crippen LogP contribution in [0.1, 0.15) is 37.3 Å². The van der Waals surface area contributed by atoms with Gasteiger partial charge in [0, 0.05) is 18.5 Å². The smallest absolute Gasteiger partial charge is 0.407 e. The average Bonchev–Trinajstić information content (AvgIpc) is 3.51. The summed E-state index contributed by atoms with van der Waals surface area (Å²) in [5.41, 5.74) is 3.56. The summed E-state index contributed by atoms with van der Waals surface area (Å²) < 4.78 is 11.3. The predicted octanol–water partition coefficient (Wildman–Crippen LogP) is 3.25. The largest absolute Gasteiger partial charge is 0.481 e. The Labute approximate surface area is 204 Å². The van der Waals surface area contributed by atoms with E-state index in [1.54, 1.807) is 18.7 Å². The quantitative estimate of drug-likeness (QED) is 0.684. The monoisotopic (exact) mass is 478 g/mol. The number of carboxylic acids is 1. The highest BCUT2D eigenvalue weighted by atomic mass is 16.5. The van der Waals surface area contributed by atoms with E-state index >= 15 is 0 Å². The zero-order valence-electron chi connectivity index (χ0n) is 19.9. The van der Waals surface area contributed by atoms with E-state index in [4.69, 9.17) is 9.47 Å². The molecule has 0 aromatic heterocycles. The number of carbonyl (C=O) groups excluding carboxylic acids is 2. The molecule has 2 aromatic rings. The Kier molecular flexibility index (Phi) is 6.01. The summed E-state index contributed by atoms with van der Waals surface area (Å²) in [6, 6.07) is 15.3. The highest BCUT2D eigenvalue weighted by Gasteiger charge is 2.52. The lowest BCUT2D eigenvalue weighted by Crippen LogP contribution is -2.55. The molecule has 1 aliphatic carbocycles. The summed E-state index contributed by atoms with van der Waals surface area (Å²) in [4.78, 5) is 39.4. The first-order chi connectivity index (χ1) is 16.8. The predicted molar refractivity (Wildman–Crippen MR) is 128 cm³/mol. The highest BCUT2D eigenvalue weighted by molar-refractivity contribution is 5.86. The fraction of sp³-hybridized carbons (Fsp3) is 0.444. The number of rotatable bonds is 5. The molecule has 2 amide bonds. The van der Waals surface area contributed by atoms with Crippen molar-refractivity contribution in [1.82, 2.24) is 10.2 Å². The summed E-state index contributed by atoms with van der Waals surface area (Å²) in [5, 5.41) is 12.3. The van der Waals surface area contributed by atoms with E-state index in [9.17, 15) is 19.5 Å². The summed E-state index contributed by atoms with van der Waals surface area (Å²) in [6.45, 7) is 4.43. The number of carboxylic acid groups (broad SMARTS) is 1. The van der Waals surface area contributed by atoms with Crippen molar-refractivity contribution in [3.8, 4) is 11.1 Å². The Balaban J connectivity index is 1.25. The van der Waals surface area contributed by atoms with Gasteiger partial charge in [0.1, 0.15) is 6.61 Å². The third-order valence-corrected chi connectivity index (χ3v) is 7.91. The number of alkyl carbamates (subject to hydrolysis) is 1. The van der Waals surface area contributed by atoms with E-state index in [1.807, 2.05) is 24.3 Å². The number of likely N-dealkylation sites (tertiary alicyclic amines) is 1. The first-order valence-corrected chi connectivity index (χ1v) is 12.0. The molecule has 0 bridgehead atoms. The number of benzene rings is 2. The van der Waals surface area contributed by atoms with Crippen molar-refractivity contribution in [1.29, 1.82) is 0 Å².